The summed E-state index contributed by atoms with van der Waals surface area (Å²) in [5.74, 6) is -0.104. The third-order valence-electron chi connectivity index (χ3n) is 4.48. The number of halogens is 1. The van der Waals surface area contributed by atoms with E-state index >= 15 is 0 Å². The first-order valence-electron chi connectivity index (χ1n) is 9.01. The molecule has 6 heteroatoms. The predicted molar refractivity (Wildman–Crippen MR) is 118 cm³/mol. The van der Waals surface area contributed by atoms with Gasteiger partial charge in [-0.05, 0) is 64.3 Å². The van der Waals surface area contributed by atoms with Crippen molar-refractivity contribution in [1.82, 2.24) is 9.97 Å². The van der Waals surface area contributed by atoms with E-state index in [-0.39, 0.29) is 5.91 Å². The highest BCUT2D eigenvalue weighted by atomic mass is 79.9. The minimum atomic E-state index is -0.104. The molecular formula is C22H18BrN3OS. The SMILES string of the molecule is CCc1ccc2nc(N(Cc3ccccn3)C(=O)c3ccccc3Br)sc2c1. The lowest BCUT2D eigenvalue weighted by atomic mass is 10.2. The second-order valence-electron chi connectivity index (χ2n) is 6.34. The lowest BCUT2D eigenvalue weighted by Gasteiger charge is -2.20. The average Bonchev–Trinajstić information content (AvgIpc) is 3.15. The van der Waals surface area contributed by atoms with Gasteiger partial charge in [0.05, 0.1) is 28.0 Å². The molecule has 2 heterocycles. The van der Waals surface area contributed by atoms with E-state index in [9.17, 15) is 4.79 Å². The number of hydrogen-bond acceptors (Lipinski definition) is 4. The maximum atomic E-state index is 13.4. The van der Waals surface area contributed by atoms with E-state index in [4.69, 9.17) is 4.98 Å². The van der Waals surface area contributed by atoms with Crippen LogP contribution in [0.5, 0.6) is 0 Å². The quantitative estimate of drug-likeness (QED) is 0.381. The largest absolute Gasteiger partial charge is 0.278 e. The van der Waals surface area contributed by atoms with Crippen molar-refractivity contribution >= 4 is 48.5 Å². The number of thiazole rings is 1. The van der Waals surface area contributed by atoms with Crippen LogP contribution in [0.4, 0.5) is 5.13 Å². The first-order valence-corrected chi connectivity index (χ1v) is 10.6. The number of rotatable bonds is 5. The number of benzene rings is 2. The highest BCUT2D eigenvalue weighted by Gasteiger charge is 2.23. The Balaban J connectivity index is 1.78. The molecule has 0 aliphatic carbocycles. The summed E-state index contributed by atoms with van der Waals surface area (Å²) in [7, 11) is 0. The average molecular weight is 452 g/mol. The highest BCUT2D eigenvalue weighted by molar-refractivity contribution is 9.10. The Morgan fingerprint density at radius 3 is 2.68 bits per heavy atom. The number of carbonyl (C=O) groups excluding carboxylic acids is 1. The summed E-state index contributed by atoms with van der Waals surface area (Å²) in [6.07, 6.45) is 2.71. The lowest BCUT2D eigenvalue weighted by Crippen LogP contribution is -2.31. The molecule has 2 aromatic carbocycles. The molecule has 0 unspecified atom stereocenters. The molecule has 0 N–H and O–H groups in total. The van der Waals surface area contributed by atoms with Gasteiger partial charge in [-0.2, -0.15) is 0 Å². The molecule has 140 valence electrons. The Morgan fingerprint density at radius 1 is 1.11 bits per heavy atom. The molecule has 0 bridgehead atoms. The fourth-order valence-corrected chi connectivity index (χ4v) is 4.43. The van der Waals surface area contributed by atoms with Gasteiger partial charge in [-0.25, -0.2) is 4.98 Å². The number of fused-ring (bicyclic) bond motifs is 1. The molecular weight excluding hydrogens is 434 g/mol. The minimum absolute atomic E-state index is 0.104. The number of carbonyl (C=O) groups is 1. The van der Waals surface area contributed by atoms with E-state index < -0.39 is 0 Å². The van der Waals surface area contributed by atoms with Crippen LogP contribution in [-0.2, 0) is 13.0 Å². The maximum absolute atomic E-state index is 13.4. The summed E-state index contributed by atoms with van der Waals surface area (Å²) in [4.78, 5) is 24.2. The molecule has 0 fully saturated rings. The Hall–Kier alpha value is -2.57. The van der Waals surface area contributed by atoms with Crippen LogP contribution in [0.25, 0.3) is 10.2 Å². The number of aryl methyl sites for hydroxylation is 1. The zero-order valence-corrected chi connectivity index (χ0v) is 17.7. The van der Waals surface area contributed by atoms with Crippen molar-refractivity contribution < 1.29 is 4.79 Å². The van der Waals surface area contributed by atoms with Crippen LogP contribution in [0.1, 0.15) is 28.5 Å². The Labute approximate surface area is 176 Å². The van der Waals surface area contributed by atoms with Crippen LogP contribution < -0.4 is 4.90 Å². The molecule has 28 heavy (non-hydrogen) atoms. The molecule has 0 aliphatic heterocycles. The number of hydrogen-bond donors (Lipinski definition) is 0. The van der Waals surface area contributed by atoms with Gasteiger partial charge in [0.25, 0.3) is 5.91 Å². The van der Waals surface area contributed by atoms with Gasteiger partial charge in [-0.1, -0.05) is 42.5 Å². The number of aromatic nitrogens is 2. The second-order valence-corrected chi connectivity index (χ2v) is 8.21. The fourth-order valence-electron chi connectivity index (χ4n) is 2.95. The normalized spacial score (nSPS) is 10.9. The Kier molecular flexibility index (Phi) is 5.50. The summed E-state index contributed by atoms with van der Waals surface area (Å²) in [5, 5.41) is 0.676. The third-order valence-corrected chi connectivity index (χ3v) is 6.21. The van der Waals surface area contributed by atoms with Crippen molar-refractivity contribution in [3.63, 3.8) is 0 Å². The standard InChI is InChI=1S/C22H18BrN3OS/c1-2-15-10-11-19-20(13-15)28-22(25-19)26(14-16-7-5-6-12-24-16)21(27)17-8-3-4-9-18(17)23/h3-13H,2,14H2,1H3. The van der Waals surface area contributed by atoms with Crippen molar-refractivity contribution in [1.29, 1.82) is 0 Å². The second kappa shape index (κ2) is 8.20. The number of nitrogens with zero attached hydrogens (tertiary/aromatic N) is 3. The molecule has 4 rings (SSSR count). The molecule has 1 amide bonds. The topological polar surface area (TPSA) is 46.1 Å². The third kappa shape index (κ3) is 3.84. The summed E-state index contributed by atoms with van der Waals surface area (Å²) >= 11 is 5.03. The van der Waals surface area contributed by atoms with Gasteiger partial charge in [0.15, 0.2) is 5.13 Å². The summed E-state index contributed by atoms with van der Waals surface area (Å²) in [5.41, 5.74) is 3.59. The molecule has 0 atom stereocenters. The Morgan fingerprint density at radius 2 is 1.93 bits per heavy atom. The molecule has 4 nitrogen and oxygen atoms in total. The smallest absolute Gasteiger partial charge is 0.261 e. The van der Waals surface area contributed by atoms with Crippen molar-refractivity contribution in [3.05, 3.63) is 88.2 Å². The minimum Gasteiger partial charge on any atom is -0.278 e. The predicted octanol–water partition coefficient (Wildman–Crippen LogP) is 5.86. The van der Waals surface area contributed by atoms with Gasteiger partial charge < -0.3 is 0 Å². The molecule has 0 saturated carbocycles. The van der Waals surface area contributed by atoms with Crippen LogP contribution in [0.15, 0.2) is 71.3 Å². The summed E-state index contributed by atoms with van der Waals surface area (Å²) in [6.45, 7) is 2.49. The number of anilines is 1. The van der Waals surface area contributed by atoms with E-state index in [1.165, 1.54) is 16.9 Å². The van der Waals surface area contributed by atoms with E-state index in [1.54, 1.807) is 11.1 Å². The Bertz CT molecular complexity index is 1130. The molecule has 0 radical (unpaired) electrons. The van der Waals surface area contributed by atoms with Crippen molar-refractivity contribution in [3.8, 4) is 0 Å². The zero-order chi connectivity index (χ0) is 19.5. The summed E-state index contributed by atoms with van der Waals surface area (Å²) in [6, 6.07) is 19.4. The van der Waals surface area contributed by atoms with Gasteiger partial charge in [-0.3, -0.25) is 14.7 Å². The van der Waals surface area contributed by atoms with Gasteiger partial charge >= 0.3 is 0 Å². The van der Waals surface area contributed by atoms with Gasteiger partial charge in [0.1, 0.15) is 0 Å². The zero-order valence-electron chi connectivity index (χ0n) is 15.3. The number of pyridine rings is 1. The van der Waals surface area contributed by atoms with Crippen LogP contribution in [0, 0.1) is 0 Å². The maximum Gasteiger partial charge on any atom is 0.261 e. The van der Waals surface area contributed by atoms with Gasteiger partial charge in [0, 0.05) is 10.7 Å². The highest BCUT2D eigenvalue weighted by Crippen LogP contribution is 2.32. The van der Waals surface area contributed by atoms with Crippen LogP contribution in [0.3, 0.4) is 0 Å². The lowest BCUT2D eigenvalue weighted by molar-refractivity contribution is 0.0984. The molecule has 4 aromatic rings. The molecule has 0 spiro atoms. The van der Waals surface area contributed by atoms with Crippen LogP contribution in [0.2, 0.25) is 0 Å². The number of amides is 1. The van der Waals surface area contributed by atoms with E-state index in [0.29, 0.717) is 17.2 Å². The van der Waals surface area contributed by atoms with E-state index in [0.717, 1.165) is 26.8 Å². The van der Waals surface area contributed by atoms with E-state index in [1.807, 2.05) is 48.5 Å². The van der Waals surface area contributed by atoms with Gasteiger partial charge in [-0.15, -0.1) is 0 Å². The van der Waals surface area contributed by atoms with Crippen molar-refractivity contribution in [2.75, 3.05) is 4.90 Å². The van der Waals surface area contributed by atoms with Crippen molar-refractivity contribution in [2.45, 2.75) is 19.9 Å². The first kappa shape index (κ1) is 18.8. The van der Waals surface area contributed by atoms with E-state index in [2.05, 4.69) is 40.0 Å². The fraction of sp³-hybridized carbons (Fsp3) is 0.136. The monoisotopic (exact) mass is 451 g/mol. The van der Waals surface area contributed by atoms with Gasteiger partial charge in [0.2, 0.25) is 0 Å². The molecule has 0 saturated heterocycles. The first-order chi connectivity index (χ1) is 13.7. The molecule has 2 aromatic heterocycles. The summed E-state index contributed by atoms with van der Waals surface area (Å²) < 4.78 is 1.85. The van der Waals surface area contributed by atoms with Crippen LogP contribution in [-0.4, -0.2) is 15.9 Å². The van der Waals surface area contributed by atoms with Crippen molar-refractivity contribution in [2.24, 2.45) is 0 Å². The molecule has 0 aliphatic rings. The van der Waals surface area contributed by atoms with Crippen LogP contribution >= 0.6 is 27.3 Å².